The molecular formula is C43H45N3. The lowest BCUT2D eigenvalue weighted by molar-refractivity contribution is 0.652. The summed E-state index contributed by atoms with van der Waals surface area (Å²) in [5.74, 6) is 0.705. The molecule has 2 aliphatic rings. The highest BCUT2D eigenvalue weighted by Crippen LogP contribution is 2.53. The highest BCUT2D eigenvalue weighted by atomic mass is 15.2. The fourth-order valence-electron chi connectivity index (χ4n) is 7.55. The molecule has 0 aliphatic heterocycles. The van der Waals surface area contributed by atoms with Gasteiger partial charge in [-0.1, -0.05) is 127 Å². The summed E-state index contributed by atoms with van der Waals surface area (Å²) in [6.07, 6.45) is 11.2. The Labute approximate surface area is 274 Å². The maximum absolute atomic E-state index is 5.47. The molecule has 3 heteroatoms. The second-order valence-corrected chi connectivity index (χ2v) is 12.1. The van der Waals surface area contributed by atoms with E-state index in [1.807, 2.05) is 27.7 Å². The first-order chi connectivity index (χ1) is 22.5. The van der Waals surface area contributed by atoms with Crippen molar-refractivity contribution in [3.05, 3.63) is 125 Å². The van der Waals surface area contributed by atoms with Gasteiger partial charge in [0.25, 0.3) is 0 Å². The van der Waals surface area contributed by atoms with Crippen LogP contribution in [0.25, 0.3) is 61.4 Å². The van der Waals surface area contributed by atoms with E-state index in [0.717, 1.165) is 40.6 Å². The summed E-state index contributed by atoms with van der Waals surface area (Å²) < 4.78 is 2.26. The van der Waals surface area contributed by atoms with Crippen molar-refractivity contribution in [1.82, 2.24) is 14.5 Å². The van der Waals surface area contributed by atoms with Gasteiger partial charge in [0.15, 0.2) is 0 Å². The molecule has 46 heavy (non-hydrogen) atoms. The maximum Gasteiger partial charge on any atom is 0.235 e. The molecule has 0 saturated heterocycles. The molecule has 0 spiro atoms. The van der Waals surface area contributed by atoms with Gasteiger partial charge in [0.1, 0.15) is 0 Å². The quantitative estimate of drug-likeness (QED) is 0.201. The maximum atomic E-state index is 5.47. The topological polar surface area (TPSA) is 30.7 Å². The monoisotopic (exact) mass is 603 g/mol. The van der Waals surface area contributed by atoms with E-state index in [1.54, 1.807) is 0 Å². The second kappa shape index (κ2) is 12.6. The van der Waals surface area contributed by atoms with Crippen molar-refractivity contribution in [3.63, 3.8) is 0 Å². The number of benzene rings is 4. The van der Waals surface area contributed by atoms with Crippen molar-refractivity contribution in [2.24, 2.45) is 0 Å². The van der Waals surface area contributed by atoms with Crippen LogP contribution in [0.5, 0.6) is 0 Å². The molecular weight excluding hydrogens is 558 g/mol. The van der Waals surface area contributed by atoms with Gasteiger partial charge in [0.05, 0.1) is 22.4 Å². The van der Waals surface area contributed by atoms with Gasteiger partial charge in [-0.3, -0.25) is 4.57 Å². The molecule has 0 amide bonds. The average Bonchev–Trinajstić information content (AvgIpc) is 3.53. The van der Waals surface area contributed by atoms with Crippen molar-refractivity contribution >= 4 is 44.2 Å². The molecule has 0 radical (unpaired) electrons. The third-order valence-corrected chi connectivity index (χ3v) is 9.38. The van der Waals surface area contributed by atoms with Crippen molar-refractivity contribution in [2.75, 3.05) is 0 Å². The summed E-state index contributed by atoms with van der Waals surface area (Å²) in [6.45, 7) is 17.0. The standard InChI is InChI=1S/C39H33N3.2C2H6/c1-5-13-33-24(2)35-26-15-7-6-14-25(26)22-23-34(35)42(33)38-40-32-21-11-9-17-29(32)37(41-38)30-19-12-18-28-27-16-8-10-20-31(27)39(3,4)36(28)30;2*1-2/h5-7,9-15,17-23H,8,16H2,1-4H3;2*1-2H3/b13-5-;;. The van der Waals surface area contributed by atoms with E-state index in [2.05, 4.69) is 135 Å². The Balaban J connectivity index is 0.000000896. The molecule has 2 aromatic heterocycles. The van der Waals surface area contributed by atoms with Crippen molar-refractivity contribution in [2.45, 2.75) is 73.6 Å². The smallest absolute Gasteiger partial charge is 0.235 e. The SMILES string of the molecule is C/C=C\c1c(C)c2c3ccccc3ccc2n1-c1nc(-c2cccc3c2C(C)(C)C2=C3CCC=C2)c2ccccc2n1.CC.CC. The van der Waals surface area contributed by atoms with Gasteiger partial charge in [0, 0.05) is 21.8 Å². The molecule has 0 unspecified atom stereocenters. The van der Waals surface area contributed by atoms with Gasteiger partial charge in [-0.15, -0.1) is 0 Å². The third kappa shape index (κ3) is 4.72. The number of hydrogen-bond donors (Lipinski definition) is 0. The Morgan fingerprint density at radius 3 is 2.28 bits per heavy atom. The Kier molecular flexibility index (Phi) is 8.53. The van der Waals surface area contributed by atoms with Crippen LogP contribution in [-0.2, 0) is 5.41 Å². The van der Waals surface area contributed by atoms with Gasteiger partial charge in [-0.2, -0.15) is 0 Å². The number of para-hydroxylation sites is 1. The minimum atomic E-state index is -0.101. The van der Waals surface area contributed by atoms with Crippen LogP contribution in [0, 0.1) is 6.92 Å². The highest BCUT2D eigenvalue weighted by molar-refractivity contribution is 6.10. The van der Waals surface area contributed by atoms with Gasteiger partial charge in [0.2, 0.25) is 5.95 Å². The molecule has 0 saturated carbocycles. The van der Waals surface area contributed by atoms with E-state index < -0.39 is 0 Å². The number of rotatable bonds is 3. The molecule has 0 fully saturated rings. The highest BCUT2D eigenvalue weighted by Gasteiger charge is 2.39. The van der Waals surface area contributed by atoms with Crippen molar-refractivity contribution < 1.29 is 0 Å². The van der Waals surface area contributed by atoms with E-state index in [0.29, 0.717) is 5.95 Å². The molecule has 4 aromatic carbocycles. The molecule has 6 aromatic rings. The van der Waals surface area contributed by atoms with Gasteiger partial charge < -0.3 is 0 Å². The fourth-order valence-corrected chi connectivity index (χ4v) is 7.55. The van der Waals surface area contributed by atoms with Crippen LogP contribution in [-0.4, -0.2) is 14.5 Å². The summed E-state index contributed by atoms with van der Waals surface area (Å²) in [7, 11) is 0. The number of nitrogens with zero attached hydrogens (tertiary/aromatic N) is 3. The number of fused-ring (bicyclic) bond motifs is 6. The van der Waals surface area contributed by atoms with E-state index >= 15 is 0 Å². The van der Waals surface area contributed by atoms with Crippen LogP contribution >= 0.6 is 0 Å². The van der Waals surface area contributed by atoms with Crippen LogP contribution in [0.3, 0.4) is 0 Å². The lowest BCUT2D eigenvalue weighted by Gasteiger charge is -2.26. The Morgan fingerprint density at radius 1 is 0.783 bits per heavy atom. The van der Waals surface area contributed by atoms with Gasteiger partial charge >= 0.3 is 0 Å². The van der Waals surface area contributed by atoms with Crippen LogP contribution in [0.1, 0.15) is 83.7 Å². The average molecular weight is 604 g/mol. The van der Waals surface area contributed by atoms with Gasteiger partial charge in [-0.25, -0.2) is 9.97 Å². The zero-order valence-corrected chi connectivity index (χ0v) is 28.6. The summed E-state index contributed by atoms with van der Waals surface area (Å²) in [6, 6.07) is 28.3. The fraction of sp³-hybridized carbons (Fsp3) is 0.256. The number of aryl methyl sites for hydroxylation is 1. The van der Waals surface area contributed by atoms with Gasteiger partial charge in [-0.05, 0) is 83.5 Å². The zero-order valence-electron chi connectivity index (χ0n) is 28.6. The second-order valence-electron chi connectivity index (χ2n) is 12.1. The van der Waals surface area contributed by atoms with E-state index in [1.165, 1.54) is 49.6 Å². The summed E-state index contributed by atoms with van der Waals surface area (Å²) >= 11 is 0. The molecule has 3 nitrogen and oxygen atoms in total. The van der Waals surface area contributed by atoms with E-state index in [4.69, 9.17) is 9.97 Å². The van der Waals surface area contributed by atoms with E-state index in [-0.39, 0.29) is 5.41 Å². The molecule has 0 bridgehead atoms. The molecule has 0 N–H and O–H groups in total. The summed E-state index contributed by atoms with van der Waals surface area (Å²) in [5, 5.41) is 4.83. The molecule has 232 valence electrons. The predicted octanol–water partition coefficient (Wildman–Crippen LogP) is 12.2. The Morgan fingerprint density at radius 2 is 1.50 bits per heavy atom. The molecule has 8 rings (SSSR count). The molecule has 2 heterocycles. The first-order valence-corrected chi connectivity index (χ1v) is 17.0. The minimum absolute atomic E-state index is 0.101. The molecule has 2 aliphatic carbocycles. The summed E-state index contributed by atoms with van der Waals surface area (Å²) in [5.41, 5.74) is 12.2. The minimum Gasteiger partial charge on any atom is -0.278 e. The number of hydrogen-bond acceptors (Lipinski definition) is 2. The van der Waals surface area contributed by atoms with Crippen molar-refractivity contribution in [1.29, 1.82) is 0 Å². The third-order valence-electron chi connectivity index (χ3n) is 9.38. The number of allylic oxidation sites excluding steroid dienone is 5. The summed E-state index contributed by atoms with van der Waals surface area (Å²) in [4.78, 5) is 10.7. The van der Waals surface area contributed by atoms with Crippen LogP contribution < -0.4 is 0 Å². The van der Waals surface area contributed by atoms with Crippen LogP contribution in [0.4, 0.5) is 0 Å². The van der Waals surface area contributed by atoms with Crippen LogP contribution in [0.2, 0.25) is 0 Å². The Bertz CT molecular complexity index is 2190. The van der Waals surface area contributed by atoms with Crippen LogP contribution in [0.15, 0.2) is 103 Å². The first kappa shape index (κ1) is 31.2. The predicted molar refractivity (Wildman–Crippen MR) is 200 cm³/mol. The normalized spacial score (nSPS) is 14.7. The van der Waals surface area contributed by atoms with Crippen molar-refractivity contribution in [3.8, 4) is 17.2 Å². The first-order valence-electron chi connectivity index (χ1n) is 17.0. The number of aromatic nitrogens is 3. The van der Waals surface area contributed by atoms with E-state index in [9.17, 15) is 0 Å². The zero-order chi connectivity index (χ0) is 32.6. The lowest BCUT2D eigenvalue weighted by Crippen LogP contribution is -2.18. The Hall–Kier alpha value is -4.76. The molecule has 0 atom stereocenters. The largest absolute Gasteiger partial charge is 0.278 e. The lowest BCUT2D eigenvalue weighted by atomic mass is 9.77.